The van der Waals surface area contributed by atoms with Crippen molar-refractivity contribution in [2.75, 3.05) is 0 Å². The average Bonchev–Trinajstić information content (AvgIpc) is 3.70. The molecule has 188 valence electrons. The number of benzene rings is 4. The summed E-state index contributed by atoms with van der Waals surface area (Å²) in [5, 5.41) is 2.23. The van der Waals surface area contributed by atoms with Gasteiger partial charge in [-0.15, -0.1) is 0 Å². The van der Waals surface area contributed by atoms with Gasteiger partial charge in [0.05, 0.1) is 17.7 Å². The minimum Gasteiger partial charge on any atom is -0.464 e. The molecular weight excluding hydrogens is 478 g/mol. The van der Waals surface area contributed by atoms with Crippen LogP contribution in [-0.2, 0) is 14.1 Å². The summed E-state index contributed by atoms with van der Waals surface area (Å²) in [6.07, 6.45) is 8.35. The van der Waals surface area contributed by atoms with E-state index < -0.39 is 0 Å². The van der Waals surface area contributed by atoms with Crippen LogP contribution >= 0.6 is 0 Å². The molecule has 0 amide bonds. The number of fused-ring (bicyclic) bond motifs is 2. The van der Waals surface area contributed by atoms with Crippen molar-refractivity contribution in [2.45, 2.75) is 0 Å². The third-order valence-electron chi connectivity index (χ3n) is 7.35. The van der Waals surface area contributed by atoms with Gasteiger partial charge in [-0.1, -0.05) is 78.9 Å². The molecule has 4 nitrogen and oxygen atoms in total. The van der Waals surface area contributed by atoms with Gasteiger partial charge in [0.15, 0.2) is 0 Å². The van der Waals surface area contributed by atoms with Crippen molar-refractivity contribution in [1.29, 1.82) is 0 Å². The molecule has 0 saturated heterocycles. The lowest BCUT2D eigenvalue weighted by atomic mass is 9.97. The van der Waals surface area contributed by atoms with Gasteiger partial charge < -0.3 is 13.6 Å². The van der Waals surface area contributed by atoms with Gasteiger partial charge in [0.2, 0.25) is 0 Å². The maximum absolute atomic E-state index is 6.15. The molecule has 0 atom stereocenters. The van der Waals surface area contributed by atoms with Crippen molar-refractivity contribution in [1.82, 2.24) is 9.13 Å². The summed E-state index contributed by atoms with van der Waals surface area (Å²) in [5.74, 6) is 0. The van der Waals surface area contributed by atoms with Crippen LogP contribution in [0.4, 0.5) is 5.69 Å². The lowest BCUT2D eigenvalue weighted by Gasteiger charge is -2.10. The fourth-order valence-electron chi connectivity index (χ4n) is 5.53. The van der Waals surface area contributed by atoms with E-state index in [0.717, 1.165) is 44.6 Å². The fourth-order valence-corrected chi connectivity index (χ4v) is 5.53. The maximum atomic E-state index is 6.15. The van der Waals surface area contributed by atoms with Crippen molar-refractivity contribution in [3.8, 4) is 22.3 Å². The zero-order valence-electron chi connectivity index (χ0n) is 21.9. The van der Waals surface area contributed by atoms with Crippen LogP contribution in [0.1, 0.15) is 11.1 Å². The summed E-state index contributed by atoms with van der Waals surface area (Å²) in [4.78, 5) is 5.21. The summed E-state index contributed by atoms with van der Waals surface area (Å²) in [6, 6.07) is 35.5. The Kier molecular flexibility index (Phi) is 5.52. The SMILES string of the molecule is Cn1cc(-c2cn(C)c3ccccc23)c(-c2ccc(N=C(c3ccccc3)c3ccccc3)c3ccoc23)c1. The smallest absolute Gasteiger partial charge is 0.143 e. The molecule has 0 fully saturated rings. The minimum atomic E-state index is 0.837. The Hall–Kier alpha value is -5.09. The largest absolute Gasteiger partial charge is 0.464 e. The number of hydrogen-bond acceptors (Lipinski definition) is 2. The van der Waals surface area contributed by atoms with E-state index in [0.29, 0.717) is 0 Å². The highest BCUT2D eigenvalue weighted by Crippen LogP contribution is 2.42. The molecular formula is C35H27N3O. The van der Waals surface area contributed by atoms with Gasteiger partial charge in [-0.05, 0) is 24.3 Å². The first kappa shape index (κ1) is 23.1. The van der Waals surface area contributed by atoms with Crippen molar-refractivity contribution < 1.29 is 4.42 Å². The molecule has 0 N–H and O–H groups in total. The van der Waals surface area contributed by atoms with Gasteiger partial charge in [0, 0.05) is 82.4 Å². The van der Waals surface area contributed by atoms with Crippen LogP contribution in [0, 0.1) is 0 Å². The van der Waals surface area contributed by atoms with E-state index >= 15 is 0 Å². The van der Waals surface area contributed by atoms with Crippen molar-refractivity contribution in [3.05, 3.63) is 139 Å². The minimum absolute atomic E-state index is 0.837. The fraction of sp³-hybridized carbons (Fsp3) is 0.0571. The van der Waals surface area contributed by atoms with E-state index in [4.69, 9.17) is 9.41 Å². The molecule has 4 aromatic carbocycles. The topological polar surface area (TPSA) is 35.4 Å². The quantitative estimate of drug-likeness (QED) is 0.215. The number of para-hydroxylation sites is 1. The third kappa shape index (κ3) is 3.98. The van der Waals surface area contributed by atoms with Crippen molar-refractivity contribution in [3.63, 3.8) is 0 Å². The summed E-state index contributed by atoms with van der Waals surface area (Å²) in [6.45, 7) is 0. The molecule has 0 radical (unpaired) electrons. The zero-order chi connectivity index (χ0) is 26.3. The molecule has 0 aliphatic heterocycles. The van der Waals surface area contributed by atoms with Crippen LogP contribution in [0.15, 0.2) is 137 Å². The molecule has 39 heavy (non-hydrogen) atoms. The summed E-state index contributed by atoms with van der Waals surface area (Å²) < 4.78 is 10.5. The molecule has 0 aliphatic carbocycles. The van der Waals surface area contributed by atoms with Crippen LogP contribution in [-0.4, -0.2) is 14.8 Å². The first-order valence-corrected chi connectivity index (χ1v) is 13.1. The Morgan fingerprint density at radius 1 is 0.590 bits per heavy atom. The number of hydrogen-bond donors (Lipinski definition) is 0. The molecule has 3 heterocycles. The molecule has 0 unspecified atom stereocenters. The second-order valence-electron chi connectivity index (χ2n) is 9.91. The van der Waals surface area contributed by atoms with E-state index in [1.807, 2.05) is 18.2 Å². The monoisotopic (exact) mass is 505 g/mol. The molecule has 4 heteroatoms. The second-order valence-corrected chi connectivity index (χ2v) is 9.91. The zero-order valence-corrected chi connectivity index (χ0v) is 21.9. The van der Waals surface area contributed by atoms with Gasteiger partial charge >= 0.3 is 0 Å². The predicted molar refractivity (Wildman–Crippen MR) is 161 cm³/mol. The second kappa shape index (κ2) is 9.34. The van der Waals surface area contributed by atoms with E-state index in [1.54, 1.807) is 6.26 Å². The van der Waals surface area contributed by atoms with Crippen LogP contribution in [0.3, 0.4) is 0 Å². The Labute approximate surface area is 227 Å². The van der Waals surface area contributed by atoms with Crippen LogP contribution in [0.25, 0.3) is 44.1 Å². The summed E-state index contributed by atoms with van der Waals surface area (Å²) in [7, 11) is 4.17. The number of aryl methyl sites for hydroxylation is 2. The molecule has 0 spiro atoms. The highest BCUT2D eigenvalue weighted by Gasteiger charge is 2.19. The van der Waals surface area contributed by atoms with Gasteiger partial charge in [-0.2, -0.15) is 0 Å². The molecule has 0 bridgehead atoms. The Bertz CT molecular complexity index is 1930. The number of furan rings is 1. The molecule has 7 aromatic rings. The van der Waals surface area contributed by atoms with Crippen LogP contribution < -0.4 is 0 Å². The molecule has 3 aromatic heterocycles. The Balaban J connectivity index is 1.41. The highest BCUT2D eigenvalue weighted by atomic mass is 16.3. The van der Waals surface area contributed by atoms with Crippen LogP contribution in [0.2, 0.25) is 0 Å². The average molecular weight is 506 g/mol. The normalized spacial score (nSPS) is 11.3. The third-order valence-corrected chi connectivity index (χ3v) is 7.35. The van der Waals surface area contributed by atoms with Gasteiger partial charge in [0.1, 0.15) is 5.58 Å². The number of aliphatic imine (C=N–C) groups is 1. The van der Waals surface area contributed by atoms with Gasteiger partial charge in [-0.25, -0.2) is 4.99 Å². The lowest BCUT2D eigenvalue weighted by molar-refractivity contribution is 0.617. The van der Waals surface area contributed by atoms with Gasteiger partial charge in [0.25, 0.3) is 0 Å². The van der Waals surface area contributed by atoms with E-state index in [1.165, 1.54) is 22.0 Å². The van der Waals surface area contributed by atoms with Gasteiger partial charge in [-0.3, -0.25) is 0 Å². The Morgan fingerprint density at radius 2 is 1.23 bits per heavy atom. The van der Waals surface area contributed by atoms with E-state index in [9.17, 15) is 0 Å². The predicted octanol–water partition coefficient (Wildman–Crippen LogP) is 8.77. The standard InChI is InChI=1S/C35H27N3O/c1-37-21-29(30(22-37)31-23-38(2)33-16-10-9-15-26(31)33)27-17-18-32(28-19-20-39-35(27)28)36-34(24-11-5-3-6-12-24)25-13-7-4-8-14-25/h3-23H,1-2H3. The van der Waals surface area contributed by atoms with E-state index in [2.05, 4.69) is 127 Å². The number of aromatic nitrogens is 2. The van der Waals surface area contributed by atoms with Crippen LogP contribution in [0.5, 0.6) is 0 Å². The first-order valence-electron chi connectivity index (χ1n) is 13.1. The lowest BCUT2D eigenvalue weighted by Crippen LogP contribution is -2.02. The maximum Gasteiger partial charge on any atom is 0.143 e. The molecule has 0 saturated carbocycles. The van der Waals surface area contributed by atoms with Crippen molar-refractivity contribution >= 4 is 33.3 Å². The summed E-state index contributed by atoms with van der Waals surface area (Å²) >= 11 is 0. The number of rotatable bonds is 5. The van der Waals surface area contributed by atoms with E-state index in [-0.39, 0.29) is 0 Å². The van der Waals surface area contributed by atoms with Crippen molar-refractivity contribution in [2.24, 2.45) is 19.1 Å². The highest BCUT2D eigenvalue weighted by molar-refractivity contribution is 6.15. The first-order chi connectivity index (χ1) is 19.2. The Morgan fingerprint density at radius 3 is 1.95 bits per heavy atom. The molecule has 7 rings (SSSR count). The number of nitrogens with zero attached hydrogens (tertiary/aromatic N) is 3. The summed E-state index contributed by atoms with van der Waals surface area (Å²) in [5.41, 5.74) is 10.6. The molecule has 0 aliphatic rings.